The van der Waals surface area contributed by atoms with Gasteiger partial charge >= 0.3 is 11.9 Å². The van der Waals surface area contributed by atoms with Crippen LogP contribution in [0.4, 0.5) is 0 Å². The van der Waals surface area contributed by atoms with Crippen LogP contribution in [0.2, 0.25) is 0 Å². The highest BCUT2D eigenvalue weighted by molar-refractivity contribution is 5.79. The Kier molecular flexibility index (Phi) is 3.31. The van der Waals surface area contributed by atoms with Gasteiger partial charge in [-0.15, -0.1) is 0 Å². The molecule has 1 amide bonds. The van der Waals surface area contributed by atoms with Gasteiger partial charge in [0, 0.05) is 24.8 Å². The van der Waals surface area contributed by atoms with Crippen molar-refractivity contribution in [3.05, 3.63) is 0 Å². The molecule has 0 aromatic heterocycles. The fourth-order valence-corrected chi connectivity index (χ4v) is 2.53. The number of carboxylic acids is 1. The summed E-state index contributed by atoms with van der Waals surface area (Å²) < 4.78 is 5.12. The first kappa shape index (κ1) is 11.9. The lowest BCUT2D eigenvalue weighted by molar-refractivity contribution is -0.144. The number of cyclic esters (lactones) is 1. The fraction of sp³-hybridized carbons (Fsp3) is 0.727. The molecule has 0 aliphatic carbocycles. The summed E-state index contributed by atoms with van der Waals surface area (Å²) in [5, 5.41) is 11.4. The monoisotopic (exact) mass is 241 g/mol. The molecule has 0 aromatic carbocycles. The van der Waals surface area contributed by atoms with Crippen LogP contribution in [0, 0.1) is 5.92 Å². The number of esters is 1. The maximum absolute atomic E-state index is 11.3. The first-order valence-corrected chi connectivity index (χ1v) is 5.77. The highest BCUT2D eigenvalue weighted by Crippen LogP contribution is 2.32. The molecule has 0 saturated carbocycles. The number of amides is 1. The molecule has 0 unspecified atom stereocenters. The Balaban J connectivity index is 1.96. The van der Waals surface area contributed by atoms with Crippen LogP contribution in [0.5, 0.6) is 0 Å². The third-order valence-electron chi connectivity index (χ3n) is 3.35. The Morgan fingerprint density at radius 1 is 1.47 bits per heavy atom. The Hall–Kier alpha value is -1.59. The van der Waals surface area contributed by atoms with Crippen molar-refractivity contribution in [2.24, 2.45) is 5.92 Å². The van der Waals surface area contributed by atoms with Gasteiger partial charge in [0.05, 0.1) is 6.42 Å². The summed E-state index contributed by atoms with van der Waals surface area (Å²) >= 11 is 0. The molecule has 2 rings (SSSR count). The molecular weight excluding hydrogens is 226 g/mol. The van der Waals surface area contributed by atoms with Gasteiger partial charge in [0.1, 0.15) is 6.10 Å². The SMILES string of the molecule is O=C(O)CC[C@@H]1OC(=O)C[C@H]1[C@H]1CCC(=O)N1. The van der Waals surface area contributed by atoms with E-state index in [2.05, 4.69) is 5.32 Å². The van der Waals surface area contributed by atoms with Crippen molar-refractivity contribution in [1.82, 2.24) is 5.32 Å². The van der Waals surface area contributed by atoms with Crippen LogP contribution in [-0.4, -0.2) is 35.1 Å². The molecule has 6 nitrogen and oxygen atoms in total. The molecule has 2 aliphatic heterocycles. The number of aliphatic carboxylic acids is 1. The van der Waals surface area contributed by atoms with Crippen LogP contribution in [0.25, 0.3) is 0 Å². The fourth-order valence-electron chi connectivity index (χ4n) is 2.53. The first-order chi connectivity index (χ1) is 8.06. The van der Waals surface area contributed by atoms with Crippen LogP contribution >= 0.6 is 0 Å². The normalized spacial score (nSPS) is 32.4. The van der Waals surface area contributed by atoms with Crippen LogP contribution < -0.4 is 5.32 Å². The van der Waals surface area contributed by atoms with E-state index in [9.17, 15) is 14.4 Å². The quantitative estimate of drug-likeness (QED) is 0.679. The maximum atomic E-state index is 11.3. The zero-order valence-electron chi connectivity index (χ0n) is 9.35. The summed E-state index contributed by atoms with van der Waals surface area (Å²) in [6.07, 6.45) is 1.37. The van der Waals surface area contributed by atoms with Crippen molar-refractivity contribution >= 4 is 17.8 Å². The molecule has 2 saturated heterocycles. The third-order valence-corrected chi connectivity index (χ3v) is 3.35. The second-order valence-corrected chi connectivity index (χ2v) is 4.54. The van der Waals surface area contributed by atoms with Gasteiger partial charge in [0.15, 0.2) is 0 Å². The molecule has 17 heavy (non-hydrogen) atoms. The molecular formula is C11H15NO5. The molecule has 0 radical (unpaired) electrons. The molecule has 2 aliphatic rings. The molecule has 0 aromatic rings. The lowest BCUT2D eigenvalue weighted by atomic mass is 9.89. The van der Waals surface area contributed by atoms with Crippen molar-refractivity contribution in [3.63, 3.8) is 0 Å². The number of carbonyl (C=O) groups excluding carboxylic acids is 2. The Morgan fingerprint density at radius 2 is 2.24 bits per heavy atom. The minimum absolute atomic E-state index is 0.00802. The standard InChI is InChI=1S/C11H15NO5/c13-9-3-1-7(12-9)6-5-11(16)17-8(6)2-4-10(14)15/h6-8H,1-5H2,(H,12,13)(H,14,15)/t6-,7+,8-/m0/s1. The molecule has 2 heterocycles. The average Bonchev–Trinajstić information content (AvgIpc) is 2.81. The third kappa shape index (κ3) is 2.75. The largest absolute Gasteiger partial charge is 0.481 e. The van der Waals surface area contributed by atoms with Gasteiger partial charge in [0.2, 0.25) is 5.91 Å². The van der Waals surface area contributed by atoms with Crippen molar-refractivity contribution in [1.29, 1.82) is 0 Å². The van der Waals surface area contributed by atoms with Crippen LogP contribution in [0.3, 0.4) is 0 Å². The zero-order chi connectivity index (χ0) is 12.4. The summed E-state index contributed by atoms with van der Waals surface area (Å²) in [6.45, 7) is 0. The Bertz CT molecular complexity index is 354. The number of rotatable bonds is 4. The molecule has 0 spiro atoms. The topological polar surface area (TPSA) is 92.7 Å². The van der Waals surface area contributed by atoms with Gasteiger partial charge in [-0.3, -0.25) is 14.4 Å². The van der Waals surface area contributed by atoms with Gasteiger partial charge in [-0.25, -0.2) is 0 Å². The zero-order valence-corrected chi connectivity index (χ0v) is 9.35. The van der Waals surface area contributed by atoms with E-state index in [4.69, 9.17) is 9.84 Å². The van der Waals surface area contributed by atoms with Crippen molar-refractivity contribution < 1.29 is 24.2 Å². The van der Waals surface area contributed by atoms with Crippen LogP contribution in [0.15, 0.2) is 0 Å². The van der Waals surface area contributed by atoms with Gasteiger partial charge in [0.25, 0.3) is 0 Å². The van der Waals surface area contributed by atoms with Gasteiger partial charge in [-0.1, -0.05) is 0 Å². The van der Waals surface area contributed by atoms with Crippen molar-refractivity contribution in [3.8, 4) is 0 Å². The second-order valence-electron chi connectivity index (χ2n) is 4.54. The van der Waals surface area contributed by atoms with Crippen LogP contribution in [-0.2, 0) is 19.1 Å². The number of ether oxygens (including phenoxy) is 1. The highest BCUT2D eigenvalue weighted by Gasteiger charge is 2.42. The molecule has 94 valence electrons. The van der Waals surface area contributed by atoms with Gasteiger partial charge in [-0.05, 0) is 12.8 Å². The smallest absolute Gasteiger partial charge is 0.306 e. The number of hydrogen-bond acceptors (Lipinski definition) is 4. The predicted octanol–water partition coefficient (Wildman–Crippen LogP) is 0.0615. The number of hydrogen-bond donors (Lipinski definition) is 2. The van der Waals surface area contributed by atoms with E-state index in [1.54, 1.807) is 0 Å². The average molecular weight is 241 g/mol. The van der Waals surface area contributed by atoms with Crippen LogP contribution in [0.1, 0.15) is 32.1 Å². The Morgan fingerprint density at radius 3 is 2.82 bits per heavy atom. The van der Waals surface area contributed by atoms with Gasteiger partial charge < -0.3 is 15.2 Å². The van der Waals surface area contributed by atoms with E-state index in [0.29, 0.717) is 19.3 Å². The molecule has 2 N–H and O–H groups in total. The maximum Gasteiger partial charge on any atom is 0.306 e. The van der Waals surface area contributed by atoms with Crippen molar-refractivity contribution in [2.75, 3.05) is 0 Å². The van der Waals surface area contributed by atoms with E-state index in [-0.39, 0.29) is 42.8 Å². The van der Waals surface area contributed by atoms with E-state index < -0.39 is 5.97 Å². The van der Waals surface area contributed by atoms with Crippen molar-refractivity contribution in [2.45, 2.75) is 44.2 Å². The minimum atomic E-state index is -0.901. The summed E-state index contributed by atoms with van der Waals surface area (Å²) in [6, 6.07) is -0.0484. The second kappa shape index (κ2) is 4.73. The summed E-state index contributed by atoms with van der Waals surface area (Å²) in [7, 11) is 0. The minimum Gasteiger partial charge on any atom is -0.481 e. The van der Waals surface area contributed by atoms with E-state index in [1.807, 2.05) is 0 Å². The summed E-state index contributed by atoms with van der Waals surface area (Å²) in [5.74, 6) is -1.28. The van der Waals surface area contributed by atoms with E-state index in [0.717, 1.165) is 0 Å². The summed E-state index contributed by atoms with van der Waals surface area (Å²) in [4.78, 5) is 32.9. The highest BCUT2D eigenvalue weighted by atomic mass is 16.5. The Labute approximate surface area is 98.3 Å². The predicted molar refractivity (Wildman–Crippen MR) is 56.0 cm³/mol. The number of carbonyl (C=O) groups is 3. The lowest BCUT2D eigenvalue weighted by Gasteiger charge is -2.22. The van der Waals surface area contributed by atoms with E-state index >= 15 is 0 Å². The first-order valence-electron chi connectivity index (χ1n) is 5.77. The summed E-state index contributed by atoms with van der Waals surface area (Å²) in [5.41, 5.74) is 0. The molecule has 3 atom stereocenters. The lowest BCUT2D eigenvalue weighted by Crippen LogP contribution is -2.37. The number of nitrogens with one attached hydrogen (secondary N) is 1. The molecule has 0 bridgehead atoms. The molecule has 2 fully saturated rings. The van der Waals surface area contributed by atoms with Gasteiger partial charge in [-0.2, -0.15) is 0 Å². The van der Waals surface area contributed by atoms with E-state index in [1.165, 1.54) is 0 Å². The number of carboxylic acid groups (broad SMARTS) is 1. The molecule has 6 heteroatoms.